The summed E-state index contributed by atoms with van der Waals surface area (Å²) in [5, 5.41) is 5.04. The number of benzene rings is 10. The normalized spacial score (nSPS) is 12.8. The molecule has 2 nitrogen and oxygen atoms in total. The van der Waals surface area contributed by atoms with Crippen LogP contribution in [0.2, 0.25) is 0 Å². The third-order valence-electron chi connectivity index (χ3n) is 14.0. The summed E-state index contributed by atoms with van der Waals surface area (Å²) in [7, 11) is 0. The summed E-state index contributed by atoms with van der Waals surface area (Å²) in [5.74, 6) is 0. The van der Waals surface area contributed by atoms with E-state index in [2.05, 4.69) is 254 Å². The lowest BCUT2D eigenvalue weighted by molar-refractivity contribution is 0.660. The predicted molar refractivity (Wildman–Crippen MR) is 282 cm³/mol. The molecule has 0 saturated carbocycles. The molecule has 66 heavy (non-hydrogen) atoms. The van der Waals surface area contributed by atoms with Crippen LogP contribution in [0.1, 0.15) is 25.0 Å². The highest BCUT2D eigenvalue weighted by molar-refractivity contribution is 7.26. The maximum absolute atomic E-state index is 2.45. The van der Waals surface area contributed by atoms with Gasteiger partial charge in [0.15, 0.2) is 0 Å². The molecule has 3 heteroatoms. The minimum atomic E-state index is -0.0542. The van der Waals surface area contributed by atoms with Crippen LogP contribution in [0.5, 0.6) is 0 Å². The van der Waals surface area contributed by atoms with Gasteiger partial charge < -0.3 is 9.47 Å². The summed E-state index contributed by atoms with van der Waals surface area (Å²) >= 11 is 1.87. The van der Waals surface area contributed by atoms with Gasteiger partial charge in [0.2, 0.25) is 0 Å². The van der Waals surface area contributed by atoms with Crippen molar-refractivity contribution in [3.63, 3.8) is 0 Å². The molecule has 2 aromatic heterocycles. The molecule has 0 atom stereocenters. The molecule has 0 N–H and O–H groups in total. The van der Waals surface area contributed by atoms with Crippen molar-refractivity contribution in [3.05, 3.63) is 242 Å². The summed E-state index contributed by atoms with van der Waals surface area (Å²) in [6, 6.07) is 85.1. The van der Waals surface area contributed by atoms with Crippen molar-refractivity contribution in [1.82, 2.24) is 4.57 Å². The number of hydrogen-bond donors (Lipinski definition) is 0. The Hall–Kier alpha value is -7.98. The van der Waals surface area contributed by atoms with Crippen LogP contribution in [-0.4, -0.2) is 4.57 Å². The molecule has 0 unspecified atom stereocenters. The zero-order valence-corrected chi connectivity index (χ0v) is 37.6. The number of aromatic nitrogens is 1. The molecule has 0 amide bonds. The highest BCUT2D eigenvalue weighted by Gasteiger charge is 2.35. The van der Waals surface area contributed by atoms with Crippen molar-refractivity contribution < 1.29 is 0 Å². The van der Waals surface area contributed by atoms with Gasteiger partial charge in [0.05, 0.1) is 16.7 Å². The van der Waals surface area contributed by atoms with Crippen molar-refractivity contribution >= 4 is 70.4 Å². The smallest absolute Gasteiger partial charge is 0.0554 e. The van der Waals surface area contributed by atoms with E-state index < -0.39 is 0 Å². The fraction of sp³-hybridized carbons (Fsp3) is 0.0476. The van der Waals surface area contributed by atoms with Gasteiger partial charge in [0.25, 0.3) is 0 Å². The predicted octanol–water partition coefficient (Wildman–Crippen LogP) is 17.9. The number of nitrogens with zero attached hydrogens (tertiary/aromatic N) is 2. The number of fused-ring (bicyclic) bond motifs is 9. The lowest BCUT2D eigenvalue weighted by Crippen LogP contribution is -2.14. The fourth-order valence-corrected chi connectivity index (χ4v) is 11.8. The molecule has 0 spiro atoms. The highest BCUT2D eigenvalue weighted by atomic mass is 32.1. The molecule has 2 heterocycles. The van der Waals surface area contributed by atoms with Crippen LogP contribution < -0.4 is 4.90 Å². The van der Waals surface area contributed by atoms with Gasteiger partial charge in [-0.25, -0.2) is 0 Å². The summed E-state index contributed by atoms with van der Waals surface area (Å²) in [6.45, 7) is 4.71. The van der Waals surface area contributed by atoms with Crippen LogP contribution in [0.4, 0.5) is 17.1 Å². The van der Waals surface area contributed by atoms with Gasteiger partial charge in [0.1, 0.15) is 0 Å². The van der Waals surface area contributed by atoms with Gasteiger partial charge >= 0.3 is 0 Å². The Kier molecular flexibility index (Phi) is 8.78. The largest absolute Gasteiger partial charge is 0.310 e. The van der Waals surface area contributed by atoms with Crippen LogP contribution in [-0.2, 0) is 5.41 Å². The molecule has 12 aromatic rings. The summed E-state index contributed by atoms with van der Waals surface area (Å²) < 4.78 is 4.95. The van der Waals surface area contributed by atoms with Crippen LogP contribution >= 0.6 is 11.3 Å². The Bertz CT molecular complexity index is 3820. The number of para-hydroxylation sites is 2. The van der Waals surface area contributed by atoms with Crippen LogP contribution in [0.25, 0.3) is 92.2 Å². The Morgan fingerprint density at radius 2 is 0.955 bits per heavy atom. The maximum Gasteiger partial charge on any atom is 0.0554 e. The van der Waals surface area contributed by atoms with E-state index in [4.69, 9.17) is 0 Å². The molecule has 1 aliphatic rings. The van der Waals surface area contributed by atoms with Crippen LogP contribution in [0, 0.1) is 0 Å². The first-order chi connectivity index (χ1) is 32.5. The van der Waals surface area contributed by atoms with Crippen molar-refractivity contribution in [2.75, 3.05) is 4.90 Å². The van der Waals surface area contributed by atoms with Gasteiger partial charge in [-0.05, 0) is 134 Å². The Labute approximate surface area is 388 Å². The quantitative estimate of drug-likeness (QED) is 0.155. The van der Waals surface area contributed by atoms with Crippen LogP contribution in [0.15, 0.2) is 231 Å². The first-order valence-electron chi connectivity index (χ1n) is 22.8. The van der Waals surface area contributed by atoms with Crippen molar-refractivity contribution in [2.24, 2.45) is 0 Å². The molecule has 0 aliphatic heterocycles. The molecular formula is C63H44N2S. The third-order valence-corrected chi connectivity index (χ3v) is 15.1. The van der Waals surface area contributed by atoms with Gasteiger partial charge in [-0.15, -0.1) is 11.3 Å². The van der Waals surface area contributed by atoms with E-state index in [9.17, 15) is 0 Å². The molecule has 1 aliphatic carbocycles. The third kappa shape index (κ3) is 6.08. The van der Waals surface area contributed by atoms with Gasteiger partial charge in [-0.1, -0.05) is 166 Å². The molecule has 0 radical (unpaired) electrons. The summed E-state index contributed by atoms with van der Waals surface area (Å²) in [4.78, 5) is 2.45. The van der Waals surface area contributed by atoms with E-state index in [1.165, 1.54) is 97.6 Å². The van der Waals surface area contributed by atoms with Crippen LogP contribution in [0.3, 0.4) is 0 Å². The number of rotatable bonds is 7. The molecular weight excluding hydrogens is 817 g/mol. The van der Waals surface area contributed by atoms with Gasteiger partial charge in [-0.3, -0.25) is 0 Å². The highest BCUT2D eigenvalue weighted by Crippen LogP contribution is 2.50. The number of anilines is 3. The minimum absolute atomic E-state index is 0.0542. The Morgan fingerprint density at radius 3 is 1.74 bits per heavy atom. The summed E-state index contributed by atoms with van der Waals surface area (Å²) in [5.41, 5.74) is 19.7. The number of hydrogen-bond acceptors (Lipinski definition) is 2. The fourth-order valence-electron chi connectivity index (χ4n) is 10.7. The topological polar surface area (TPSA) is 8.17 Å². The molecule has 0 saturated heterocycles. The Morgan fingerprint density at radius 1 is 0.379 bits per heavy atom. The second-order valence-corrected chi connectivity index (χ2v) is 19.2. The van der Waals surface area contributed by atoms with E-state index in [0.29, 0.717) is 0 Å². The summed E-state index contributed by atoms with van der Waals surface area (Å²) in [6.07, 6.45) is 0. The molecule has 10 aromatic carbocycles. The standard InChI is InChI=1S/C63H44N2S/c1-63(2)55-20-11-9-18-50(55)51-35-28-45(39-56(51)63)43-26-33-49(34-27-43)64(48-31-24-42(25-32-48)41-14-5-3-6-15-41)58-22-13-23-61-62(58)54-38-44(30-37-60(54)66-61)46-29-36-53-52-19-10-12-21-57(52)65(59(53)40-46)47-16-7-4-8-17-47/h3-40H,1-2H3. The molecule has 0 fully saturated rings. The lowest BCUT2D eigenvalue weighted by Gasteiger charge is -2.27. The maximum atomic E-state index is 2.45. The Balaban J connectivity index is 0.948. The first kappa shape index (κ1) is 38.5. The zero-order valence-electron chi connectivity index (χ0n) is 36.7. The lowest BCUT2D eigenvalue weighted by atomic mass is 9.81. The van der Waals surface area contributed by atoms with E-state index in [-0.39, 0.29) is 5.41 Å². The van der Waals surface area contributed by atoms with Crippen molar-refractivity contribution in [2.45, 2.75) is 19.3 Å². The van der Waals surface area contributed by atoms with Crippen molar-refractivity contribution in [1.29, 1.82) is 0 Å². The van der Waals surface area contributed by atoms with E-state index in [0.717, 1.165) is 22.7 Å². The SMILES string of the molecule is CC1(C)c2ccccc2-c2ccc(-c3ccc(N(c4ccc(-c5ccccc5)cc4)c4cccc5sc6ccc(-c7ccc8c9ccccc9n(-c9ccccc9)c8c7)cc6c45)cc3)cc21. The first-order valence-corrected chi connectivity index (χ1v) is 23.6. The zero-order chi connectivity index (χ0) is 43.9. The second-order valence-electron chi connectivity index (χ2n) is 18.1. The van der Waals surface area contributed by atoms with E-state index in [1.54, 1.807) is 0 Å². The minimum Gasteiger partial charge on any atom is -0.310 e. The number of thiophene rings is 1. The molecule has 312 valence electrons. The molecule has 0 bridgehead atoms. The average Bonchev–Trinajstić information content (AvgIpc) is 4.00. The van der Waals surface area contributed by atoms with Crippen molar-refractivity contribution in [3.8, 4) is 50.2 Å². The molecule has 13 rings (SSSR count). The van der Waals surface area contributed by atoms with E-state index in [1.807, 2.05) is 11.3 Å². The monoisotopic (exact) mass is 860 g/mol. The average molecular weight is 861 g/mol. The van der Waals surface area contributed by atoms with E-state index >= 15 is 0 Å². The second kappa shape index (κ2) is 15.1. The van der Waals surface area contributed by atoms with Gasteiger partial charge in [-0.2, -0.15) is 0 Å². The van der Waals surface area contributed by atoms with Gasteiger partial charge in [0, 0.05) is 53.4 Å².